The third-order valence-corrected chi connectivity index (χ3v) is 3.39. The zero-order valence-corrected chi connectivity index (χ0v) is 13.5. The second-order valence-electron chi connectivity index (χ2n) is 5.38. The van der Waals surface area contributed by atoms with Gasteiger partial charge in [-0.2, -0.15) is 0 Å². The first kappa shape index (κ1) is 16.9. The number of ether oxygens (including phenoxy) is 1. The largest absolute Gasteiger partial charge is 0.494 e. The Hall–Kier alpha value is -2.49. The smallest absolute Gasteiger partial charge is 0.323 e. The van der Waals surface area contributed by atoms with Gasteiger partial charge >= 0.3 is 6.03 Å². The van der Waals surface area contributed by atoms with E-state index in [1.165, 1.54) is 19.3 Å². The highest BCUT2D eigenvalue weighted by molar-refractivity contribution is 5.99. The molecule has 0 saturated carbocycles. The molecule has 23 heavy (non-hydrogen) atoms. The fourth-order valence-corrected chi connectivity index (χ4v) is 2.20. The molecular formula is C19H24N2O2. The van der Waals surface area contributed by atoms with E-state index >= 15 is 0 Å². The number of para-hydroxylation sites is 1. The summed E-state index contributed by atoms with van der Waals surface area (Å²) in [5.41, 5.74) is 1.47. The summed E-state index contributed by atoms with van der Waals surface area (Å²) in [6.07, 6.45) is 4.70. The van der Waals surface area contributed by atoms with E-state index in [1.807, 2.05) is 54.6 Å². The van der Waals surface area contributed by atoms with Gasteiger partial charge in [-0.05, 0) is 30.7 Å². The molecule has 0 heterocycles. The predicted molar refractivity (Wildman–Crippen MR) is 95.2 cm³/mol. The molecule has 0 bridgehead atoms. The maximum Gasteiger partial charge on any atom is 0.323 e. The van der Waals surface area contributed by atoms with E-state index in [9.17, 15) is 4.79 Å². The summed E-state index contributed by atoms with van der Waals surface area (Å²) in [6, 6.07) is 16.5. The summed E-state index contributed by atoms with van der Waals surface area (Å²) in [7, 11) is 0. The van der Waals surface area contributed by atoms with Gasteiger partial charge in [-0.3, -0.25) is 0 Å². The molecule has 0 aliphatic rings. The predicted octanol–water partition coefficient (Wildman–Crippen LogP) is 5.29. The van der Waals surface area contributed by atoms with Crippen LogP contribution in [0.25, 0.3) is 0 Å². The first-order valence-electron chi connectivity index (χ1n) is 8.14. The van der Waals surface area contributed by atoms with Crippen LogP contribution in [-0.2, 0) is 0 Å². The number of urea groups is 1. The molecule has 2 amide bonds. The molecule has 0 fully saturated rings. The number of carbonyl (C=O) groups is 1. The van der Waals surface area contributed by atoms with Crippen molar-refractivity contribution >= 4 is 17.4 Å². The summed E-state index contributed by atoms with van der Waals surface area (Å²) in [5.74, 6) is 0.777. The van der Waals surface area contributed by atoms with Crippen molar-refractivity contribution < 1.29 is 9.53 Å². The molecule has 0 aromatic heterocycles. The van der Waals surface area contributed by atoms with Gasteiger partial charge < -0.3 is 15.4 Å². The summed E-state index contributed by atoms with van der Waals surface area (Å²) < 4.78 is 5.72. The Morgan fingerprint density at radius 1 is 0.913 bits per heavy atom. The molecule has 2 aromatic rings. The minimum atomic E-state index is -0.267. The fourth-order valence-electron chi connectivity index (χ4n) is 2.20. The van der Waals surface area contributed by atoms with Gasteiger partial charge in [0.15, 0.2) is 0 Å². The monoisotopic (exact) mass is 312 g/mol. The topological polar surface area (TPSA) is 50.4 Å². The number of amides is 2. The molecule has 2 N–H and O–H groups in total. The highest BCUT2D eigenvalue weighted by Crippen LogP contribution is 2.18. The lowest BCUT2D eigenvalue weighted by molar-refractivity contribution is 0.262. The molecule has 4 nitrogen and oxygen atoms in total. The lowest BCUT2D eigenvalue weighted by Crippen LogP contribution is -2.19. The van der Waals surface area contributed by atoms with E-state index in [-0.39, 0.29) is 6.03 Å². The van der Waals surface area contributed by atoms with Crippen LogP contribution in [0.3, 0.4) is 0 Å². The van der Waals surface area contributed by atoms with Crippen LogP contribution in [0.5, 0.6) is 5.75 Å². The summed E-state index contributed by atoms with van der Waals surface area (Å²) in [4.78, 5) is 12.0. The molecule has 0 radical (unpaired) electrons. The number of hydrogen-bond acceptors (Lipinski definition) is 2. The minimum Gasteiger partial charge on any atom is -0.494 e. The average molecular weight is 312 g/mol. The van der Waals surface area contributed by atoms with Crippen LogP contribution < -0.4 is 15.4 Å². The molecule has 0 spiro atoms. The van der Waals surface area contributed by atoms with Gasteiger partial charge in [0.05, 0.1) is 6.61 Å². The summed E-state index contributed by atoms with van der Waals surface area (Å²) in [6.45, 7) is 2.90. The van der Waals surface area contributed by atoms with E-state index in [0.29, 0.717) is 12.3 Å². The van der Waals surface area contributed by atoms with Crippen molar-refractivity contribution in [3.63, 3.8) is 0 Å². The summed E-state index contributed by atoms with van der Waals surface area (Å²) in [5, 5.41) is 5.60. The van der Waals surface area contributed by atoms with Gasteiger partial charge in [0.1, 0.15) is 5.75 Å². The highest BCUT2D eigenvalue weighted by atomic mass is 16.5. The number of hydrogen-bond donors (Lipinski definition) is 2. The Kier molecular flexibility index (Phi) is 6.98. The molecule has 0 atom stereocenters. The van der Waals surface area contributed by atoms with Crippen molar-refractivity contribution in [3.8, 4) is 5.75 Å². The molecule has 0 aliphatic heterocycles. The average Bonchev–Trinajstić information content (AvgIpc) is 2.56. The third kappa shape index (κ3) is 6.43. The molecule has 0 aliphatic carbocycles. The Bertz CT molecular complexity index is 599. The quantitative estimate of drug-likeness (QED) is 0.651. The third-order valence-electron chi connectivity index (χ3n) is 3.39. The Morgan fingerprint density at radius 2 is 1.65 bits per heavy atom. The lowest BCUT2D eigenvalue weighted by Gasteiger charge is -2.10. The van der Waals surface area contributed by atoms with E-state index in [1.54, 1.807) is 0 Å². The molecular weight excluding hydrogens is 288 g/mol. The number of unbranched alkanes of at least 4 members (excludes halogenated alkanes) is 3. The normalized spacial score (nSPS) is 10.1. The van der Waals surface area contributed by atoms with Crippen LogP contribution in [-0.4, -0.2) is 12.6 Å². The molecule has 2 rings (SSSR count). The van der Waals surface area contributed by atoms with Gasteiger partial charge in [-0.25, -0.2) is 4.79 Å². The number of carbonyl (C=O) groups excluding carboxylic acids is 1. The minimum absolute atomic E-state index is 0.267. The molecule has 4 heteroatoms. The zero-order chi connectivity index (χ0) is 16.3. The Labute approximate surface area is 137 Å². The highest BCUT2D eigenvalue weighted by Gasteiger charge is 2.03. The molecule has 122 valence electrons. The van der Waals surface area contributed by atoms with Crippen molar-refractivity contribution in [2.45, 2.75) is 32.6 Å². The number of anilines is 2. The van der Waals surface area contributed by atoms with Gasteiger partial charge in [-0.15, -0.1) is 0 Å². The second-order valence-corrected chi connectivity index (χ2v) is 5.38. The van der Waals surface area contributed by atoms with Crippen LogP contribution in [0.2, 0.25) is 0 Å². The molecule has 0 saturated heterocycles. The van der Waals surface area contributed by atoms with Crippen LogP contribution >= 0.6 is 0 Å². The van der Waals surface area contributed by atoms with Crippen LogP contribution in [0.4, 0.5) is 16.2 Å². The van der Waals surface area contributed by atoms with Crippen LogP contribution in [0.15, 0.2) is 54.6 Å². The maximum absolute atomic E-state index is 12.0. The van der Waals surface area contributed by atoms with Crippen LogP contribution in [0.1, 0.15) is 32.6 Å². The van der Waals surface area contributed by atoms with Crippen molar-refractivity contribution in [1.82, 2.24) is 0 Å². The second kappa shape index (κ2) is 9.51. The van der Waals surface area contributed by atoms with Crippen molar-refractivity contribution in [3.05, 3.63) is 54.6 Å². The fraction of sp³-hybridized carbons (Fsp3) is 0.316. The summed E-state index contributed by atoms with van der Waals surface area (Å²) >= 11 is 0. The molecule has 2 aromatic carbocycles. The van der Waals surface area contributed by atoms with Gasteiger partial charge in [-0.1, -0.05) is 50.5 Å². The first-order valence-corrected chi connectivity index (χ1v) is 8.14. The van der Waals surface area contributed by atoms with Gasteiger partial charge in [0.2, 0.25) is 0 Å². The van der Waals surface area contributed by atoms with Crippen LogP contribution in [0, 0.1) is 0 Å². The van der Waals surface area contributed by atoms with E-state index in [2.05, 4.69) is 17.6 Å². The number of benzene rings is 2. The van der Waals surface area contributed by atoms with Crippen molar-refractivity contribution in [2.75, 3.05) is 17.2 Å². The van der Waals surface area contributed by atoms with Gasteiger partial charge in [0, 0.05) is 17.4 Å². The first-order chi connectivity index (χ1) is 11.3. The van der Waals surface area contributed by atoms with Gasteiger partial charge in [0.25, 0.3) is 0 Å². The number of rotatable bonds is 8. The SMILES string of the molecule is CCCCCCOc1cccc(NC(=O)Nc2ccccc2)c1. The van der Waals surface area contributed by atoms with E-state index < -0.39 is 0 Å². The zero-order valence-electron chi connectivity index (χ0n) is 13.5. The van der Waals surface area contributed by atoms with Crippen molar-refractivity contribution in [1.29, 1.82) is 0 Å². The Balaban J connectivity index is 1.81. The lowest BCUT2D eigenvalue weighted by atomic mass is 10.2. The standard InChI is InChI=1S/C19H24N2O2/c1-2-3-4-8-14-23-18-13-9-12-17(15-18)21-19(22)20-16-10-6-5-7-11-16/h5-7,9-13,15H,2-4,8,14H2,1H3,(H2,20,21,22). The van der Waals surface area contributed by atoms with E-state index in [4.69, 9.17) is 4.74 Å². The van der Waals surface area contributed by atoms with Crippen molar-refractivity contribution in [2.24, 2.45) is 0 Å². The Morgan fingerprint density at radius 3 is 2.43 bits per heavy atom. The molecule has 0 unspecified atom stereocenters. The maximum atomic E-state index is 12.0. The van der Waals surface area contributed by atoms with E-state index in [0.717, 1.165) is 17.9 Å². The number of nitrogens with one attached hydrogen (secondary N) is 2.